The number of ketones is 1. The van der Waals surface area contributed by atoms with Gasteiger partial charge in [0.1, 0.15) is 5.78 Å². The van der Waals surface area contributed by atoms with Crippen LogP contribution in [0.1, 0.15) is 66.7 Å². The smallest absolute Gasteiger partial charge is 0.136 e. The summed E-state index contributed by atoms with van der Waals surface area (Å²) in [5, 5.41) is 10.0. The summed E-state index contributed by atoms with van der Waals surface area (Å²) in [5.41, 5.74) is -0.462. The maximum atomic E-state index is 12.2. The lowest BCUT2D eigenvalue weighted by Crippen LogP contribution is -2.39. The summed E-state index contributed by atoms with van der Waals surface area (Å²) < 4.78 is 0. The molecule has 0 aromatic rings. The molecule has 2 rings (SSSR count). The zero-order chi connectivity index (χ0) is 15.8. The molecule has 2 aliphatic rings. The van der Waals surface area contributed by atoms with E-state index in [9.17, 15) is 9.90 Å². The van der Waals surface area contributed by atoms with Crippen LogP contribution in [0.25, 0.3) is 0 Å². The van der Waals surface area contributed by atoms with Crippen LogP contribution in [0.5, 0.6) is 0 Å². The molecule has 0 amide bonds. The molecule has 0 saturated heterocycles. The van der Waals surface area contributed by atoms with Gasteiger partial charge in [0.25, 0.3) is 0 Å². The van der Waals surface area contributed by atoms with E-state index in [0.29, 0.717) is 23.5 Å². The first kappa shape index (κ1) is 16.7. The Morgan fingerprint density at radius 3 is 2.57 bits per heavy atom. The lowest BCUT2D eigenvalue weighted by atomic mass is 9.62. The number of hydrogen-bond donors (Lipinski definition) is 1. The average Bonchev–Trinajstić information content (AvgIpc) is 2.73. The van der Waals surface area contributed by atoms with Crippen LogP contribution >= 0.6 is 0 Å². The number of allylic oxidation sites excluding steroid dienone is 1. The maximum absolute atomic E-state index is 12.2. The Bertz CT molecular complexity index is 418. The fourth-order valence-corrected chi connectivity index (χ4v) is 4.55. The average molecular weight is 292 g/mol. The normalized spacial score (nSPS) is 36.8. The van der Waals surface area contributed by atoms with Crippen LogP contribution in [0.3, 0.4) is 0 Å². The van der Waals surface area contributed by atoms with Gasteiger partial charge in [-0.1, -0.05) is 32.9 Å². The molecule has 0 aliphatic heterocycles. The van der Waals surface area contributed by atoms with E-state index in [2.05, 4.69) is 32.9 Å². The van der Waals surface area contributed by atoms with Gasteiger partial charge in [0.05, 0.1) is 5.60 Å². The fourth-order valence-electron chi connectivity index (χ4n) is 4.55. The first-order chi connectivity index (χ1) is 9.66. The van der Waals surface area contributed by atoms with Gasteiger partial charge in [-0.3, -0.25) is 4.79 Å². The second-order valence-corrected chi connectivity index (χ2v) is 8.25. The van der Waals surface area contributed by atoms with Crippen molar-refractivity contribution in [1.82, 2.24) is 0 Å². The van der Waals surface area contributed by atoms with E-state index < -0.39 is 5.60 Å². The minimum atomic E-state index is -0.668. The number of hydrogen-bond acceptors (Lipinski definition) is 2. The predicted octanol–water partition coefficient (Wildman–Crippen LogP) is 4.37. The second-order valence-electron chi connectivity index (χ2n) is 8.25. The van der Waals surface area contributed by atoms with Gasteiger partial charge in [-0.05, 0) is 56.8 Å². The third-order valence-corrected chi connectivity index (χ3v) is 6.39. The highest BCUT2D eigenvalue weighted by Gasteiger charge is 2.51. The van der Waals surface area contributed by atoms with Crippen LogP contribution in [0, 0.1) is 29.1 Å². The molecule has 0 heterocycles. The van der Waals surface area contributed by atoms with E-state index in [4.69, 9.17) is 0 Å². The predicted molar refractivity (Wildman–Crippen MR) is 86.9 cm³/mol. The molecule has 2 saturated carbocycles. The molecule has 1 unspecified atom stereocenters. The van der Waals surface area contributed by atoms with Crippen LogP contribution in [-0.4, -0.2) is 16.5 Å². The monoisotopic (exact) mass is 292 g/mol. The van der Waals surface area contributed by atoms with Crippen LogP contribution < -0.4 is 0 Å². The molecular formula is C19H32O2. The van der Waals surface area contributed by atoms with E-state index in [1.165, 1.54) is 12.8 Å². The topological polar surface area (TPSA) is 37.3 Å². The van der Waals surface area contributed by atoms with Gasteiger partial charge in [-0.2, -0.15) is 0 Å². The Kier molecular flexibility index (Phi) is 4.68. The Hall–Kier alpha value is -0.630. The van der Waals surface area contributed by atoms with Crippen molar-refractivity contribution < 1.29 is 9.90 Å². The van der Waals surface area contributed by atoms with E-state index in [1.807, 2.05) is 13.8 Å². The molecule has 2 aliphatic carbocycles. The highest BCUT2D eigenvalue weighted by Crippen LogP contribution is 2.56. The van der Waals surface area contributed by atoms with Gasteiger partial charge >= 0.3 is 0 Å². The third-order valence-electron chi connectivity index (χ3n) is 6.39. The third kappa shape index (κ3) is 3.26. The van der Waals surface area contributed by atoms with Crippen molar-refractivity contribution >= 4 is 5.78 Å². The molecule has 5 atom stereocenters. The van der Waals surface area contributed by atoms with Crippen molar-refractivity contribution in [3.05, 3.63) is 12.2 Å². The van der Waals surface area contributed by atoms with E-state index in [0.717, 1.165) is 19.3 Å². The molecule has 0 aromatic carbocycles. The molecule has 21 heavy (non-hydrogen) atoms. The molecule has 0 aromatic heterocycles. The summed E-state index contributed by atoms with van der Waals surface area (Å²) in [6.45, 7) is 10.4. The van der Waals surface area contributed by atoms with Crippen molar-refractivity contribution in [2.24, 2.45) is 29.1 Å². The lowest BCUT2D eigenvalue weighted by molar-refractivity contribution is -0.129. The Morgan fingerprint density at radius 2 is 1.95 bits per heavy atom. The van der Waals surface area contributed by atoms with Crippen LogP contribution in [0.4, 0.5) is 0 Å². The molecular weight excluding hydrogens is 260 g/mol. The summed E-state index contributed by atoms with van der Waals surface area (Å²) in [7, 11) is 0. The SMILES string of the molecule is CC(/C=C/[C@H](C)C(C)(C)O)[C@H]1CC[C@H]2C(=O)CCC[C@]12C. The van der Waals surface area contributed by atoms with Gasteiger partial charge in [0, 0.05) is 18.3 Å². The van der Waals surface area contributed by atoms with Gasteiger partial charge in [0.2, 0.25) is 0 Å². The summed E-state index contributed by atoms with van der Waals surface area (Å²) in [5.74, 6) is 2.05. The molecule has 0 bridgehead atoms. The van der Waals surface area contributed by atoms with Gasteiger partial charge in [-0.25, -0.2) is 0 Å². The molecule has 1 N–H and O–H groups in total. The van der Waals surface area contributed by atoms with E-state index >= 15 is 0 Å². The molecule has 0 radical (unpaired) electrons. The van der Waals surface area contributed by atoms with Crippen LogP contribution in [0.15, 0.2) is 12.2 Å². The zero-order valence-corrected chi connectivity index (χ0v) is 14.4. The lowest BCUT2D eigenvalue weighted by Gasteiger charge is -2.41. The first-order valence-corrected chi connectivity index (χ1v) is 8.59. The minimum Gasteiger partial charge on any atom is -0.390 e. The van der Waals surface area contributed by atoms with Gasteiger partial charge in [-0.15, -0.1) is 0 Å². The fraction of sp³-hybridized carbons (Fsp3) is 0.842. The number of carbonyl (C=O) groups is 1. The molecule has 2 fully saturated rings. The highest BCUT2D eigenvalue weighted by atomic mass is 16.3. The number of Topliss-reactive ketones (excluding diaryl/α,β-unsaturated/α-hetero) is 1. The van der Waals surface area contributed by atoms with Crippen LogP contribution in [0.2, 0.25) is 0 Å². The van der Waals surface area contributed by atoms with Crippen molar-refractivity contribution in [1.29, 1.82) is 0 Å². The summed E-state index contributed by atoms with van der Waals surface area (Å²) >= 11 is 0. The quantitative estimate of drug-likeness (QED) is 0.781. The largest absolute Gasteiger partial charge is 0.390 e. The second kappa shape index (κ2) is 5.87. The van der Waals surface area contributed by atoms with E-state index in [1.54, 1.807) is 0 Å². The van der Waals surface area contributed by atoms with Gasteiger partial charge < -0.3 is 5.11 Å². The summed E-state index contributed by atoms with van der Waals surface area (Å²) in [6.07, 6.45) is 9.76. The molecule has 0 spiro atoms. The Morgan fingerprint density at radius 1 is 1.29 bits per heavy atom. The maximum Gasteiger partial charge on any atom is 0.136 e. The van der Waals surface area contributed by atoms with Crippen molar-refractivity contribution in [3.63, 3.8) is 0 Å². The molecule has 2 heteroatoms. The van der Waals surface area contributed by atoms with Crippen molar-refractivity contribution in [3.8, 4) is 0 Å². The van der Waals surface area contributed by atoms with Crippen molar-refractivity contribution in [2.75, 3.05) is 0 Å². The first-order valence-electron chi connectivity index (χ1n) is 8.59. The number of aliphatic hydroxyl groups is 1. The molecule has 2 nitrogen and oxygen atoms in total. The Balaban J connectivity index is 2.08. The van der Waals surface area contributed by atoms with E-state index in [-0.39, 0.29) is 11.3 Å². The molecule has 120 valence electrons. The van der Waals surface area contributed by atoms with Crippen molar-refractivity contribution in [2.45, 2.75) is 72.3 Å². The van der Waals surface area contributed by atoms with Crippen LogP contribution in [-0.2, 0) is 4.79 Å². The summed E-state index contributed by atoms with van der Waals surface area (Å²) in [6, 6.07) is 0. The number of rotatable bonds is 4. The summed E-state index contributed by atoms with van der Waals surface area (Å²) in [4.78, 5) is 12.2. The number of carbonyl (C=O) groups excluding carboxylic acids is 1. The zero-order valence-electron chi connectivity index (χ0n) is 14.4. The standard InChI is InChI=1S/C19H32O2/c1-13(8-9-14(2)18(3,4)21)15-10-11-16-17(20)7-6-12-19(15,16)5/h8-9,13-16,21H,6-7,10-12H2,1-5H3/b9-8+/t13?,14-,15+,16-,19+/m0/s1. The van der Waals surface area contributed by atoms with Gasteiger partial charge in [0.15, 0.2) is 0 Å². The number of fused-ring (bicyclic) bond motifs is 1. The highest BCUT2D eigenvalue weighted by molar-refractivity contribution is 5.83. The Labute approximate surface area is 130 Å². The minimum absolute atomic E-state index is 0.151.